The van der Waals surface area contributed by atoms with E-state index in [0.717, 1.165) is 13.1 Å². The molecule has 1 aromatic rings. The van der Waals surface area contributed by atoms with Gasteiger partial charge in [-0.3, -0.25) is 9.59 Å². The summed E-state index contributed by atoms with van der Waals surface area (Å²) < 4.78 is 6.00. The summed E-state index contributed by atoms with van der Waals surface area (Å²) in [5, 5.41) is 0. The number of benzene rings is 1. The maximum absolute atomic E-state index is 12.4. The molecule has 0 aromatic heterocycles. The van der Waals surface area contributed by atoms with Gasteiger partial charge < -0.3 is 9.64 Å². The van der Waals surface area contributed by atoms with Gasteiger partial charge >= 0.3 is 0 Å². The van der Waals surface area contributed by atoms with Crippen molar-refractivity contribution in [2.45, 2.75) is 13.8 Å². The molecule has 1 heterocycles. The highest BCUT2D eigenvalue weighted by Gasteiger charge is 2.30. The summed E-state index contributed by atoms with van der Waals surface area (Å²) in [6.45, 7) is 5.51. The van der Waals surface area contributed by atoms with Gasteiger partial charge in [0.15, 0.2) is 6.61 Å². The molecule has 0 saturated heterocycles. The minimum atomic E-state index is -0.349. The van der Waals surface area contributed by atoms with Crippen molar-refractivity contribution in [3.05, 3.63) is 24.3 Å². The van der Waals surface area contributed by atoms with Crippen LogP contribution in [0.4, 0.5) is 5.69 Å². The van der Waals surface area contributed by atoms with Crippen LogP contribution in [0, 0.1) is 0 Å². The molecule has 0 atom stereocenters. The normalized spacial score (nSPS) is 13.4. The SMILES string of the molecule is CCN(CC)C(=S)SCC(=O)N1C(=O)COc2ccccc21. The van der Waals surface area contributed by atoms with E-state index in [1.54, 1.807) is 18.2 Å². The Bertz CT molecular complexity index is 588. The zero-order chi connectivity index (χ0) is 16.1. The lowest BCUT2D eigenvalue weighted by molar-refractivity contribution is -0.127. The number of hydrogen-bond acceptors (Lipinski definition) is 5. The number of anilines is 1. The van der Waals surface area contributed by atoms with Gasteiger partial charge in [-0.05, 0) is 26.0 Å². The fourth-order valence-corrected chi connectivity index (χ4v) is 3.39. The summed E-state index contributed by atoms with van der Waals surface area (Å²) in [6.07, 6.45) is 0. The number of para-hydroxylation sites is 2. The van der Waals surface area contributed by atoms with Gasteiger partial charge in [0.2, 0.25) is 5.91 Å². The summed E-state index contributed by atoms with van der Waals surface area (Å²) in [6, 6.07) is 7.03. The van der Waals surface area contributed by atoms with Gasteiger partial charge in [-0.1, -0.05) is 36.1 Å². The van der Waals surface area contributed by atoms with E-state index in [1.807, 2.05) is 24.8 Å². The fraction of sp³-hybridized carbons (Fsp3) is 0.400. The molecule has 2 rings (SSSR count). The summed E-state index contributed by atoms with van der Waals surface area (Å²) in [4.78, 5) is 27.6. The molecule has 0 radical (unpaired) electrons. The maximum Gasteiger partial charge on any atom is 0.271 e. The topological polar surface area (TPSA) is 49.9 Å². The lowest BCUT2D eigenvalue weighted by atomic mass is 10.2. The number of carbonyl (C=O) groups excluding carboxylic acids is 2. The highest BCUT2D eigenvalue weighted by Crippen LogP contribution is 2.32. The van der Waals surface area contributed by atoms with Gasteiger partial charge in [0.05, 0.1) is 11.4 Å². The first kappa shape index (κ1) is 16.8. The third-order valence-corrected chi connectivity index (χ3v) is 4.81. The molecule has 0 fully saturated rings. The Morgan fingerprint density at radius 1 is 1.36 bits per heavy atom. The molecule has 0 bridgehead atoms. The van der Waals surface area contributed by atoms with Gasteiger partial charge in [0, 0.05) is 13.1 Å². The van der Waals surface area contributed by atoms with E-state index in [9.17, 15) is 9.59 Å². The first-order valence-electron chi connectivity index (χ1n) is 7.07. The van der Waals surface area contributed by atoms with Crippen molar-refractivity contribution in [3.63, 3.8) is 0 Å². The Morgan fingerprint density at radius 2 is 2.05 bits per heavy atom. The number of thiocarbonyl (C=S) groups is 1. The Hall–Kier alpha value is -1.60. The van der Waals surface area contributed by atoms with Crippen LogP contribution in [0.15, 0.2) is 24.3 Å². The molecule has 0 N–H and O–H groups in total. The smallest absolute Gasteiger partial charge is 0.271 e. The molecule has 0 aliphatic carbocycles. The van der Waals surface area contributed by atoms with Crippen LogP contribution in [0.25, 0.3) is 0 Å². The van der Waals surface area contributed by atoms with Gasteiger partial charge in [-0.2, -0.15) is 0 Å². The second kappa shape index (κ2) is 7.60. The van der Waals surface area contributed by atoms with Gasteiger partial charge in [0.25, 0.3) is 5.91 Å². The molecule has 5 nitrogen and oxygen atoms in total. The monoisotopic (exact) mass is 338 g/mol. The number of ether oxygens (including phenoxy) is 1. The van der Waals surface area contributed by atoms with Crippen molar-refractivity contribution >= 4 is 45.8 Å². The van der Waals surface area contributed by atoms with Crippen LogP contribution < -0.4 is 9.64 Å². The fourth-order valence-electron chi connectivity index (χ4n) is 2.14. The first-order valence-corrected chi connectivity index (χ1v) is 8.47. The number of hydrogen-bond donors (Lipinski definition) is 0. The number of fused-ring (bicyclic) bond motifs is 1. The van der Waals surface area contributed by atoms with Crippen LogP contribution in [0.2, 0.25) is 0 Å². The van der Waals surface area contributed by atoms with Crippen LogP contribution in [-0.2, 0) is 9.59 Å². The summed E-state index contributed by atoms with van der Waals surface area (Å²) in [5.74, 6) is 0.0557. The van der Waals surface area contributed by atoms with Crippen LogP contribution in [0.1, 0.15) is 13.8 Å². The number of thioether (sulfide) groups is 1. The molecule has 1 aliphatic heterocycles. The van der Waals surface area contributed by atoms with E-state index in [0.29, 0.717) is 15.8 Å². The van der Waals surface area contributed by atoms with E-state index in [2.05, 4.69) is 0 Å². The summed E-state index contributed by atoms with van der Waals surface area (Å²) in [5.41, 5.74) is 0.498. The molecular weight excluding hydrogens is 320 g/mol. The molecule has 118 valence electrons. The van der Waals surface area contributed by atoms with Crippen molar-refractivity contribution < 1.29 is 14.3 Å². The number of amides is 2. The number of imide groups is 1. The predicted octanol–water partition coefficient (Wildman–Crippen LogP) is 2.30. The Morgan fingerprint density at radius 3 is 2.73 bits per heavy atom. The summed E-state index contributed by atoms with van der Waals surface area (Å²) in [7, 11) is 0. The number of rotatable bonds is 4. The Balaban J connectivity index is 2.06. The van der Waals surface area contributed by atoms with Crippen LogP contribution in [-0.4, -0.2) is 46.5 Å². The minimum Gasteiger partial charge on any atom is -0.482 e. The van der Waals surface area contributed by atoms with Crippen LogP contribution in [0.3, 0.4) is 0 Å². The quantitative estimate of drug-likeness (QED) is 0.785. The minimum absolute atomic E-state index is 0.117. The number of nitrogens with zero attached hydrogens (tertiary/aromatic N) is 2. The molecule has 1 aromatic carbocycles. The van der Waals surface area contributed by atoms with E-state index in [1.165, 1.54) is 16.7 Å². The molecule has 0 spiro atoms. The average Bonchev–Trinajstić information content (AvgIpc) is 2.53. The van der Waals surface area contributed by atoms with Crippen molar-refractivity contribution in [2.24, 2.45) is 0 Å². The van der Waals surface area contributed by atoms with Gasteiger partial charge in [-0.25, -0.2) is 4.90 Å². The Labute approximate surface area is 139 Å². The maximum atomic E-state index is 12.4. The average molecular weight is 338 g/mol. The van der Waals surface area contributed by atoms with Crippen molar-refractivity contribution in [1.82, 2.24) is 4.90 Å². The third-order valence-electron chi connectivity index (χ3n) is 3.30. The largest absolute Gasteiger partial charge is 0.482 e. The van der Waals surface area contributed by atoms with Crippen molar-refractivity contribution in [1.29, 1.82) is 0 Å². The standard InChI is InChI=1S/C15H18N2O3S2/c1-3-16(4-2)15(21)22-10-14(19)17-11-7-5-6-8-12(11)20-9-13(17)18/h5-8H,3-4,9-10H2,1-2H3. The van der Waals surface area contributed by atoms with E-state index < -0.39 is 0 Å². The zero-order valence-electron chi connectivity index (χ0n) is 12.6. The van der Waals surface area contributed by atoms with Gasteiger partial charge in [-0.15, -0.1) is 0 Å². The highest BCUT2D eigenvalue weighted by atomic mass is 32.2. The number of carbonyl (C=O) groups is 2. The van der Waals surface area contributed by atoms with Crippen molar-refractivity contribution in [3.8, 4) is 5.75 Å². The lowest BCUT2D eigenvalue weighted by Crippen LogP contribution is -2.44. The molecule has 22 heavy (non-hydrogen) atoms. The third kappa shape index (κ3) is 3.59. The second-order valence-corrected chi connectivity index (χ2v) is 6.22. The van der Waals surface area contributed by atoms with E-state index in [4.69, 9.17) is 17.0 Å². The predicted molar refractivity (Wildman–Crippen MR) is 92.4 cm³/mol. The molecule has 7 heteroatoms. The molecular formula is C15H18N2O3S2. The molecule has 0 saturated carbocycles. The van der Waals surface area contributed by atoms with Gasteiger partial charge in [0.1, 0.15) is 10.1 Å². The van der Waals surface area contributed by atoms with E-state index >= 15 is 0 Å². The molecule has 1 aliphatic rings. The highest BCUT2D eigenvalue weighted by molar-refractivity contribution is 8.23. The first-order chi connectivity index (χ1) is 10.6. The van der Waals surface area contributed by atoms with E-state index in [-0.39, 0.29) is 24.2 Å². The molecule has 0 unspecified atom stereocenters. The Kier molecular flexibility index (Phi) is 5.79. The zero-order valence-corrected chi connectivity index (χ0v) is 14.2. The molecule has 2 amide bonds. The second-order valence-electron chi connectivity index (χ2n) is 4.61. The lowest BCUT2D eigenvalue weighted by Gasteiger charge is -2.28. The summed E-state index contributed by atoms with van der Waals surface area (Å²) >= 11 is 6.59. The van der Waals surface area contributed by atoms with Crippen LogP contribution in [0.5, 0.6) is 5.75 Å². The van der Waals surface area contributed by atoms with Crippen LogP contribution >= 0.6 is 24.0 Å². The van der Waals surface area contributed by atoms with Crippen molar-refractivity contribution in [2.75, 3.05) is 30.3 Å².